The monoisotopic (exact) mass is 281 g/mol. The van der Waals surface area contributed by atoms with Crippen LogP contribution in [0.4, 0.5) is 5.95 Å². The minimum absolute atomic E-state index is 0.272. The van der Waals surface area contributed by atoms with Crippen molar-refractivity contribution in [2.75, 3.05) is 24.3 Å². The number of nitrogens with zero attached hydrogens (tertiary/aromatic N) is 2. The maximum Gasteiger partial charge on any atom is 0.220 e. The fourth-order valence-corrected chi connectivity index (χ4v) is 2.35. The standard InChI is InChI=1S/C12H19N5OS/c1-19-3-2-9(18)6-14-4-8-5-15-10-7-16-12(13)17-11(8)10/h5,7,9,14-15,18H,2-4,6H2,1H3,(H2,13,16,17). The first-order chi connectivity index (χ1) is 9.20. The van der Waals surface area contributed by atoms with Crippen LogP contribution in [0.5, 0.6) is 0 Å². The fourth-order valence-electron chi connectivity index (χ4n) is 1.84. The Morgan fingerprint density at radius 3 is 3.21 bits per heavy atom. The van der Waals surface area contributed by atoms with Crippen LogP contribution in [-0.4, -0.2) is 44.7 Å². The summed E-state index contributed by atoms with van der Waals surface area (Å²) >= 11 is 1.74. The smallest absolute Gasteiger partial charge is 0.220 e. The number of hydrogen-bond acceptors (Lipinski definition) is 6. The Bertz CT molecular complexity index is 530. The van der Waals surface area contributed by atoms with Crippen LogP contribution in [-0.2, 0) is 6.54 Å². The molecule has 0 radical (unpaired) electrons. The molecule has 0 aromatic carbocycles. The van der Waals surface area contributed by atoms with Crippen LogP contribution in [0.15, 0.2) is 12.4 Å². The lowest BCUT2D eigenvalue weighted by molar-refractivity contribution is 0.168. The molecule has 6 nitrogen and oxygen atoms in total. The van der Waals surface area contributed by atoms with Crippen molar-refractivity contribution < 1.29 is 5.11 Å². The number of aliphatic hydroxyl groups excluding tert-OH is 1. The maximum atomic E-state index is 9.74. The Hall–Kier alpha value is -1.31. The second kappa shape index (κ2) is 6.74. The Morgan fingerprint density at radius 1 is 1.58 bits per heavy atom. The van der Waals surface area contributed by atoms with Crippen LogP contribution in [0.2, 0.25) is 0 Å². The van der Waals surface area contributed by atoms with Gasteiger partial charge in [-0.2, -0.15) is 11.8 Å². The normalized spacial score (nSPS) is 12.9. The third-order valence-corrected chi connectivity index (χ3v) is 3.51. The molecule has 0 bridgehead atoms. The van der Waals surface area contributed by atoms with Gasteiger partial charge in [0.2, 0.25) is 5.95 Å². The largest absolute Gasteiger partial charge is 0.392 e. The summed E-state index contributed by atoms with van der Waals surface area (Å²) in [6.45, 7) is 1.22. The number of hydrogen-bond donors (Lipinski definition) is 4. The summed E-state index contributed by atoms with van der Waals surface area (Å²) in [5.74, 6) is 1.24. The molecular formula is C12H19N5OS. The molecule has 0 saturated heterocycles. The lowest BCUT2D eigenvalue weighted by atomic mass is 10.2. The minimum atomic E-state index is -0.308. The number of thioether (sulfide) groups is 1. The number of anilines is 1. The molecule has 1 atom stereocenters. The summed E-state index contributed by atoms with van der Waals surface area (Å²) in [6.07, 6.45) is 6.10. The number of H-pyrrole nitrogens is 1. The number of nitrogens with two attached hydrogens (primary N) is 1. The van der Waals surface area contributed by atoms with Gasteiger partial charge in [-0.15, -0.1) is 0 Å². The predicted octanol–water partition coefficient (Wildman–Crippen LogP) is 0.744. The van der Waals surface area contributed by atoms with Crippen LogP contribution in [0.3, 0.4) is 0 Å². The molecule has 0 aliphatic heterocycles. The molecule has 0 amide bonds. The Labute approximate surface area is 116 Å². The van der Waals surface area contributed by atoms with Crippen LogP contribution >= 0.6 is 11.8 Å². The topological polar surface area (TPSA) is 99.8 Å². The van der Waals surface area contributed by atoms with E-state index in [9.17, 15) is 5.11 Å². The molecule has 5 N–H and O–H groups in total. The van der Waals surface area contributed by atoms with E-state index in [0.717, 1.165) is 28.8 Å². The number of nitrogens with one attached hydrogen (secondary N) is 2. The van der Waals surface area contributed by atoms with E-state index in [0.29, 0.717) is 13.1 Å². The highest BCUT2D eigenvalue weighted by atomic mass is 32.2. The zero-order valence-corrected chi connectivity index (χ0v) is 11.7. The van der Waals surface area contributed by atoms with Crippen molar-refractivity contribution in [3.05, 3.63) is 18.0 Å². The summed E-state index contributed by atoms with van der Waals surface area (Å²) in [4.78, 5) is 11.2. The number of fused-ring (bicyclic) bond motifs is 1. The highest BCUT2D eigenvalue weighted by molar-refractivity contribution is 7.98. The van der Waals surface area contributed by atoms with Gasteiger partial charge in [-0.25, -0.2) is 9.97 Å². The first kappa shape index (κ1) is 14.1. The molecule has 0 saturated carbocycles. The third-order valence-electron chi connectivity index (χ3n) is 2.86. The van der Waals surface area contributed by atoms with Gasteiger partial charge < -0.3 is 21.1 Å². The average Bonchev–Trinajstić information content (AvgIpc) is 2.79. The Kier molecular flexibility index (Phi) is 5.00. The first-order valence-electron chi connectivity index (χ1n) is 6.17. The molecule has 2 heterocycles. The van der Waals surface area contributed by atoms with Crippen LogP contribution in [0.1, 0.15) is 12.0 Å². The van der Waals surface area contributed by atoms with E-state index >= 15 is 0 Å². The van der Waals surface area contributed by atoms with Gasteiger partial charge in [0.05, 0.1) is 23.3 Å². The molecule has 1 unspecified atom stereocenters. The SMILES string of the molecule is CSCCC(O)CNCc1c[nH]c2cnc(N)nc12. The molecule has 104 valence electrons. The van der Waals surface area contributed by atoms with Gasteiger partial charge in [0, 0.05) is 24.8 Å². The number of aromatic amines is 1. The third kappa shape index (κ3) is 3.82. The maximum absolute atomic E-state index is 9.74. The second-order valence-corrected chi connectivity index (χ2v) is 5.36. The summed E-state index contributed by atoms with van der Waals surface area (Å²) in [5, 5.41) is 13.0. The molecular weight excluding hydrogens is 262 g/mol. The number of aliphatic hydroxyl groups is 1. The summed E-state index contributed by atoms with van der Waals surface area (Å²) in [6, 6.07) is 0. The van der Waals surface area contributed by atoms with E-state index in [2.05, 4.69) is 20.3 Å². The average molecular weight is 281 g/mol. The van der Waals surface area contributed by atoms with Crippen molar-refractivity contribution in [2.24, 2.45) is 0 Å². The molecule has 0 aliphatic rings. The number of nitrogen functional groups attached to an aromatic ring is 1. The summed E-state index contributed by atoms with van der Waals surface area (Å²) < 4.78 is 0. The zero-order chi connectivity index (χ0) is 13.7. The molecule has 2 rings (SSSR count). The quantitative estimate of drug-likeness (QED) is 0.597. The van der Waals surface area contributed by atoms with Crippen LogP contribution < -0.4 is 11.1 Å². The number of aromatic nitrogens is 3. The van der Waals surface area contributed by atoms with E-state index in [4.69, 9.17) is 5.73 Å². The van der Waals surface area contributed by atoms with Crippen molar-refractivity contribution in [1.29, 1.82) is 0 Å². The van der Waals surface area contributed by atoms with Gasteiger partial charge in [-0.05, 0) is 18.4 Å². The lowest BCUT2D eigenvalue weighted by Crippen LogP contribution is -2.26. The second-order valence-electron chi connectivity index (χ2n) is 4.37. The molecule has 0 aliphatic carbocycles. The van der Waals surface area contributed by atoms with Crippen LogP contribution in [0, 0.1) is 0 Å². The summed E-state index contributed by atoms with van der Waals surface area (Å²) in [7, 11) is 0. The van der Waals surface area contributed by atoms with Gasteiger partial charge >= 0.3 is 0 Å². The van der Waals surface area contributed by atoms with Gasteiger partial charge in [0.15, 0.2) is 0 Å². The molecule has 2 aromatic heterocycles. The van der Waals surface area contributed by atoms with Crippen molar-refractivity contribution in [3.63, 3.8) is 0 Å². The molecule has 2 aromatic rings. The van der Waals surface area contributed by atoms with E-state index < -0.39 is 0 Å². The summed E-state index contributed by atoms with van der Waals surface area (Å²) in [5.41, 5.74) is 8.32. The Morgan fingerprint density at radius 2 is 2.42 bits per heavy atom. The van der Waals surface area contributed by atoms with Crippen LogP contribution in [0.25, 0.3) is 11.0 Å². The van der Waals surface area contributed by atoms with Gasteiger partial charge in [0.1, 0.15) is 0 Å². The van der Waals surface area contributed by atoms with Crippen molar-refractivity contribution in [1.82, 2.24) is 20.3 Å². The van der Waals surface area contributed by atoms with Crippen molar-refractivity contribution in [2.45, 2.75) is 19.1 Å². The molecule has 0 fully saturated rings. The van der Waals surface area contributed by atoms with Gasteiger partial charge in [-0.1, -0.05) is 0 Å². The Balaban J connectivity index is 1.89. The zero-order valence-electron chi connectivity index (χ0n) is 10.9. The lowest BCUT2D eigenvalue weighted by Gasteiger charge is -2.10. The van der Waals surface area contributed by atoms with Gasteiger partial charge in [-0.3, -0.25) is 0 Å². The molecule has 7 heteroatoms. The van der Waals surface area contributed by atoms with E-state index in [-0.39, 0.29) is 12.1 Å². The van der Waals surface area contributed by atoms with E-state index in [1.807, 2.05) is 12.5 Å². The van der Waals surface area contributed by atoms with E-state index in [1.54, 1.807) is 18.0 Å². The highest BCUT2D eigenvalue weighted by Crippen LogP contribution is 2.15. The highest BCUT2D eigenvalue weighted by Gasteiger charge is 2.07. The fraction of sp³-hybridized carbons (Fsp3) is 0.500. The van der Waals surface area contributed by atoms with E-state index in [1.165, 1.54) is 0 Å². The minimum Gasteiger partial charge on any atom is -0.392 e. The van der Waals surface area contributed by atoms with Crippen molar-refractivity contribution in [3.8, 4) is 0 Å². The number of rotatable bonds is 7. The molecule has 19 heavy (non-hydrogen) atoms. The first-order valence-corrected chi connectivity index (χ1v) is 7.56. The van der Waals surface area contributed by atoms with Gasteiger partial charge in [0.25, 0.3) is 0 Å². The predicted molar refractivity (Wildman–Crippen MR) is 79.0 cm³/mol. The molecule has 0 spiro atoms. The van der Waals surface area contributed by atoms with Crippen molar-refractivity contribution >= 4 is 28.7 Å².